The van der Waals surface area contributed by atoms with Crippen LogP contribution in [0.3, 0.4) is 0 Å². The lowest BCUT2D eigenvalue weighted by Crippen LogP contribution is -2.02. The lowest BCUT2D eigenvalue weighted by atomic mass is 10.0. The van der Waals surface area contributed by atoms with E-state index in [4.69, 9.17) is 11.5 Å². The van der Waals surface area contributed by atoms with Gasteiger partial charge in [-0.25, -0.2) is 8.42 Å². The van der Waals surface area contributed by atoms with Gasteiger partial charge in [-0.15, -0.1) is 0 Å². The second-order valence-electron chi connectivity index (χ2n) is 6.73. The first-order chi connectivity index (χ1) is 14.0. The van der Waals surface area contributed by atoms with E-state index in [2.05, 4.69) is 0 Å². The molecule has 0 fully saturated rings. The third-order valence-electron chi connectivity index (χ3n) is 4.87. The van der Waals surface area contributed by atoms with Gasteiger partial charge in [0.2, 0.25) is 9.84 Å². The molecule has 144 valence electrons. The number of rotatable bonds is 4. The van der Waals surface area contributed by atoms with Crippen molar-refractivity contribution in [3.63, 3.8) is 0 Å². The van der Waals surface area contributed by atoms with Crippen molar-refractivity contribution in [1.82, 2.24) is 0 Å². The summed E-state index contributed by atoms with van der Waals surface area (Å²) in [4.78, 5) is 0.477. The monoisotopic (exact) mass is 400 g/mol. The Hall–Kier alpha value is -3.57. The molecule has 0 aromatic heterocycles. The summed E-state index contributed by atoms with van der Waals surface area (Å²) in [6.07, 6.45) is 0. The van der Waals surface area contributed by atoms with Crippen molar-refractivity contribution >= 4 is 21.2 Å². The molecular weight excluding hydrogens is 380 g/mol. The summed E-state index contributed by atoms with van der Waals surface area (Å²) in [5.74, 6) is 0. The molecule has 4 rings (SSSR count). The number of para-hydroxylation sites is 2. The highest BCUT2D eigenvalue weighted by Gasteiger charge is 2.18. The Kier molecular flexibility index (Phi) is 4.82. The minimum atomic E-state index is -3.62. The average Bonchev–Trinajstić information content (AvgIpc) is 2.75. The average molecular weight is 401 g/mol. The maximum Gasteiger partial charge on any atom is 0.206 e. The first-order valence-electron chi connectivity index (χ1n) is 9.12. The van der Waals surface area contributed by atoms with E-state index < -0.39 is 9.84 Å². The Morgan fingerprint density at radius 3 is 1.17 bits per heavy atom. The van der Waals surface area contributed by atoms with E-state index in [0.29, 0.717) is 11.4 Å². The summed E-state index contributed by atoms with van der Waals surface area (Å²) in [7, 11) is -3.62. The quantitative estimate of drug-likeness (QED) is 0.471. The van der Waals surface area contributed by atoms with Gasteiger partial charge in [-0.1, -0.05) is 60.7 Å². The fraction of sp³-hybridized carbons (Fsp3) is 0. The van der Waals surface area contributed by atoms with Crippen molar-refractivity contribution in [2.24, 2.45) is 0 Å². The third kappa shape index (κ3) is 3.60. The number of nitrogen functional groups attached to an aromatic ring is 2. The Morgan fingerprint density at radius 2 is 0.828 bits per heavy atom. The van der Waals surface area contributed by atoms with Gasteiger partial charge in [0.15, 0.2) is 0 Å². The van der Waals surface area contributed by atoms with Gasteiger partial charge in [-0.2, -0.15) is 0 Å². The van der Waals surface area contributed by atoms with E-state index in [1.54, 1.807) is 48.5 Å². The van der Waals surface area contributed by atoms with Crippen molar-refractivity contribution in [2.45, 2.75) is 9.79 Å². The van der Waals surface area contributed by atoms with Crippen LogP contribution in [0.25, 0.3) is 22.3 Å². The molecule has 4 aromatic carbocycles. The molecule has 0 saturated carbocycles. The van der Waals surface area contributed by atoms with E-state index in [-0.39, 0.29) is 9.79 Å². The fourth-order valence-electron chi connectivity index (χ4n) is 3.28. The number of hydrogen-bond donors (Lipinski definition) is 2. The second kappa shape index (κ2) is 7.45. The molecule has 4 N–H and O–H groups in total. The van der Waals surface area contributed by atoms with Crippen LogP contribution in [-0.4, -0.2) is 8.42 Å². The Labute approximate surface area is 170 Å². The highest BCUT2D eigenvalue weighted by Crippen LogP contribution is 2.30. The van der Waals surface area contributed by atoms with Crippen molar-refractivity contribution in [3.05, 3.63) is 97.1 Å². The topological polar surface area (TPSA) is 86.2 Å². The molecule has 29 heavy (non-hydrogen) atoms. The molecular formula is C24H20N2O2S. The van der Waals surface area contributed by atoms with Crippen LogP contribution in [0.1, 0.15) is 0 Å². The van der Waals surface area contributed by atoms with Gasteiger partial charge in [-0.3, -0.25) is 0 Å². The summed E-state index contributed by atoms with van der Waals surface area (Å²) >= 11 is 0. The van der Waals surface area contributed by atoms with E-state index in [9.17, 15) is 8.42 Å². The minimum absolute atomic E-state index is 0.239. The number of benzene rings is 4. The SMILES string of the molecule is Nc1ccccc1-c1ccc(S(=O)(=O)c2ccc(-c3ccccc3N)cc2)cc1. The highest BCUT2D eigenvalue weighted by atomic mass is 32.2. The van der Waals surface area contributed by atoms with Crippen LogP contribution in [-0.2, 0) is 9.84 Å². The minimum Gasteiger partial charge on any atom is -0.398 e. The van der Waals surface area contributed by atoms with E-state index >= 15 is 0 Å². The van der Waals surface area contributed by atoms with Gasteiger partial charge in [0, 0.05) is 22.5 Å². The zero-order chi connectivity index (χ0) is 20.4. The van der Waals surface area contributed by atoms with Crippen LogP contribution in [0.15, 0.2) is 107 Å². The van der Waals surface area contributed by atoms with Crippen LogP contribution in [0.2, 0.25) is 0 Å². The van der Waals surface area contributed by atoms with Gasteiger partial charge in [0.05, 0.1) is 9.79 Å². The Bertz CT molecular complexity index is 1170. The maximum absolute atomic E-state index is 13.0. The molecule has 0 spiro atoms. The second-order valence-corrected chi connectivity index (χ2v) is 8.68. The molecule has 0 aliphatic carbocycles. The number of sulfone groups is 1. The van der Waals surface area contributed by atoms with E-state index in [1.165, 1.54) is 0 Å². The summed E-state index contributed by atoms with van der Waals surface area (Å²) in [5.41, 5.74) is 16.8. The van der Waals surface area contributed by atoms with Crippen molar-refractivity contribution in [2.75, 3.05) is 11.5 Å². The number of hydrogen-bond acceptors (Lipinski definition) is 4. The smallest absolute Gasteiger partial charge is 0.206 e. The van der Waals surface area contributed by atoms with Gasteiger partial charge < -0.3 is 11.5 Å². The molecule has 0 radical (unpaired) electrons. The molecule has 0 saturated heterocycles. The molecule has 4 nitrogen and oxygen atoms in total. The predicted octanol–water partition coefficient (Wildman–Crippen LogP) is 5.02. The zero-order valence-corrected chi connectivity index (χ0v) is 16.4. The molecule has 0 atom stereocenters. The van der Waals surface area contributed by atoms with Gasteiger partial charge in [0.25, 0.3) is 0 Å². The van der Waals surface area contributed by atoms with Crippen LogP contribution in [0.5, 0.6) is 0 Å². The van der Waals surface area contributed by atoms with Crippen LogP contribution in [0.4, 0.5) is 11.4 Å². The maximum atomic E-state index is 13.0. The molecule has 0 bridgehead atoms. The Balaban J connectivity index is 1.65. The lowest BCUT2D eigenvalue weighted by molar-refractivity contribution is 0.596. The normalized spacial score (nSPS) is 11.3. The third-order valence-corrected chi connectivity index (χ3v) is 6.66. The van der Waals surface area contributed by atoms with Gasteiger partial charge >= 0.3 is 0 Å². The summed E-state index contributed by atoms with van der Waals surface area (Å²) < 4.78 is 26.0. The fourth-order valence-corrected chi connectivity index (χ4v) is 4.54. The van der Waals surface area contributed by atoms with Crippen molar-refractivity contribution in [1.29, 1.82) is 0 Å². The lowest BCUT2D eigenvalue weighted by Gasteiger charge is -2.09. The van der Waals surface area contributed by atoms with Gasteiger partial charge in [-0.05, 0) is 47.5 Å². The predicted molar refractivity (Wildman–Crippen MR) is 118 cm³/mol. The zero-order valence-electron chi connectivity index (χ0n) is 15.6. The van der Waals surface area contributed by atoms with Crippen LogP contribution >= 0.6 is 0 Å². The summed E-state index contributed by atoms with van der Waals surface area (Å²) in [6.45, 7) is 0. The van der Waals surface area contributed by atoms with Crippen molar-refractivity contribution < 1.29 is 8.42 Å². The number of anilines is 2. The molecule has 0 unspecified atom stereocenters. The van der Waals surface area contributed by atoms with Crippen LogP contribution < -0.4 is 11.5 Å². The molecule has 0 heterocycles. The molecule has 0 aliphatic rings. The Morgan fingerprint density at radius 1 is 0.483 bits per heavy atom. The van der Waals surface area contributed by atoms with Gasteiger partial charge in [0.1, 0.15) is 0 Å². The van der Waals surface area contributed by atoms with Crippen molar-refractivity contribution in [3.8, 4) is 22.3 Å². The van der Waals surface area contributed by atoms with E-state index in [0.717, 1.165) is 22.3 Å². The molecule has 5 heteroatoms. The largest absolute Gasteiger partial charge is 0.398 e. The summed E-state index contributed by atoms with van der Waals surface area (Å²) in [5, 5.41) is 0. The highest BCUT2D eigenvalue weighted by molar-refractivity contribution is 7.91. The first kappa shape index (κ1) is 18.8. The standard InChI is InChI=1S/C24H20N2O2S/c25-23-7-3-1-5-21(23)17-9-13-19(14-10-17)29(27,28)20-15-11-18(12-16-20)22-6-2-4-8-24(22)26/h1-16H,25-26H2. The first-order valence-corrected chi connectivity index (χ1v) is 10.6. The molecule has 4 aromatic rings. The van der Waals surface area contributed by atoms with Crippen LogP contribution in [0, 0.1) is 0 Å². The summed E-state index contributed by atoms with van der Waals surface area (Å²) in [6, 6.07) is 28.5. The van der Waals surface area contributed by atoms with E-state index in [1.807, 2.05) is 48.5 Å². The number of nitrogens with two attached hydrogens (primary N) is 2. The molecule has 0 aliphatic heterocycles. The molecule has 0 amide bonds.